The van der Waals surface area contributed by atoms with E-state index in [1.807, 2.05) is 36.4 Å². The number of hydrogen-bond acceptors (Lipinski definition) is 4. The summed E-state index contributed by atoms with van der Waals surface area (Å²) in [6, 6.07) is 16.4. The maximum absolute atomic E-state index is 12.7. The predicted molar refractivity (Wildman–Crippen MR) is 112 cm³/mol. The largest absolute Gasteiger partial charge is 0.451 e. The molecule has 2 heterocycles. The number of nitrogens with zero attached hydrogens (tertiary/aromatic N) is 1. The fraction of sp³-hybridized carbons (Fsp3) is 0.261. The fourth-order valence-electron chi connectivity index (χ4n) is 3.81. The number of para-hydroxylation sites is 1. The summed E-state index contributed by atoms with van der Waals surface area (Å²) in [7, 11) is 0. The summed E-state index contributed by atoms with van der Waals surface area (Å²) < 4.78 is 5.62. The van der Waals surface area contributed by atoms with Crippen molar-refractivity contribution >= 4 is 28.7 Å². The highest BCUT2D eigenvalue weighted by molar-refractivity contribution is 5.99. The lowest BCUT2D eigenvalue weighted by atomic mass is 9.96. The van der Waals surface area contributed by atoms with Crippen LogP contribution in [0.4, 0.5) is 0 Å². The number of hydrogen-bond donors (Lipinski definition) is 2. The molecule has 1 aromatic heterocycles. The van der Waals surface area contributed by atoms with Gasteiger partial charge in [-0.05, 0) is 38.0 Å². The van der Waals surface area contributed by atoms with E-state index in [1.54, 1.807) is 30.0 Å². The van der Waals surface area contributed by atoms with Crippen molar-refractivity contribution in [1.29, 1.82) is 0 Å². The third kappa shape index (κ3) is 3.91. The number of aryl methyl sites for hydroxylation is 1. The average molecular weight is 405 g/mol. The zero-order chi connectivity index (χ0) is 21.1. The van der Waals surface area contributed by atoms with E-state index in [2.05, 4.69) is 10.9 Å². The van der Waals surface area contributed by atoms with Crippen LogP contribution in [0, 0.1) is 12.8 Å². The number of rotatable bonds is 3. The van der Waals surface area contributed by atoms with Crippen molar-refractivity contribution in [2.24, 2.45) is 5.92 Å². The molecule has 1 saturated heterocycles. The molecule has 1 aliphatic heterocycles. The summed E-state index contributed by atoms with van der Waals surface area (Å²) in [6.45, 7) is 2.73. The van der Waals surface area contributed by atoms with E-state index in [0.717, 1.165) is 17.4 Å². The Labute approximate surface area is 174 Å². The molecule has 1 fully saturated rings. The second-order valence-corrected chi connectivity index (χ2v) is 7.45. The molecular weight excluding hydrogens is 382 g/mol. The summed E-state index contributed by atoms with van der Waals surface area (Å²) in [5, 5.41) is 0.858. The normalized spacial score (nSPS) is 16.3. The highest BCUT2D eigenvalue weighted by Crippen LogP contribution is 2.24. The fourth-order valence-corrected chi connectivity index (χ4v) is 3.81. The van der Waals surface area contributed by atoms with E-state index in [0.29, 0.717) is 30.7 Å². The van der Waals surface area contributed by atoms with Crippen molar-refractivity contribution in [3.63, 3.8) is 0 Å². The third-order valence-electron chi connectivity index (χ3n) is 5.45. The third-order valence-corrected chi connectivity index (χ3v) is 5.45. The van der Waals surface area contributed by atoms with Crippen LogP contribution in [0.5, 0.6) is 0 Å². The molecule has 3 aromatic rings. The van der Waals surface area contributed by atoms with Gasteiger partial charge in [0.2, 0.25) is 5.91 Å². The van der Waals surface area contributed by atoms with Gasteiger partial charge in [-0.2, -0.15) is 0 Å². The molecule has 1 unspecified atom stereocenters. The quantitative estimate of drug-likeness (QED) is 0.655. The molecule has 1 aliphatic rings. The van der Waals surface area contributed by atoms with Crippen molar-refractivity contribution in [3.05, 3.63) is 71.5 Å². The second-order valence-electron chi connectivity index (χ2n) is 7.45. The van der Waals surface area contributed by atoms with Crippen LogP contribution in [0.25, 0.3) is 11.0 Å². The van der Waals surface area contributed by atoms with E-state index in [4.69, 9.17) is 4.42 Å². The Morgan fingerprint density at radius 1 is 1.00 bits per heavy atom. The van der Waals surface area contributed by atoms with Crippen molar-refractivity contribution in [2.75, 3.05) is 13.1 Å². The van der Waals surface area contributed by atoms with Crippen LogP contribution >= 0.6 is 0 Å². The average Bonchev–Trinajstić information content (AvgIpc) is 3.14. The minimum absolute atomic E-state index is 0.0879. The summed E-state index contributed by atoms with van der Waals surface area (Å²) in [4.78, 5) is 39.4. The number of carbonyl (C=O) groups is 3. The van der Waals surface area contributed by atoms with E-state index in [9.17, 15) is 14.4 Å². The maximum Gasteiger partial charge on any atom is 0.305 e. The lowest BCUT2D eigenvalue weighted by Crippen LogP contribution is -2.50. The number of piperidine rings is 1. The van der Waals surface area contributed by atoms with Gasteiger partial charge in [0.05, 0.1) is 5.92 Å². The van der Waals surface area contributed by atoms with Crippen molar-refractivity contribution in [2.45, 2.75) is 19.8 Å². The summed E-state index contributed by atoms with van der Waals surface area (Å²) in [6.07, 6.45) is 1.39. The lowest BCUT2D eigenvalue weighted by molar-refractivity contribution is -0.127. The number of furan rings is 1. The van der Waals surface area contributed by atoms with Crippen molar-refractivity contribution in [1.82, 2.24) is 15.8 Å². The summed E-state index contributed by atoms with van der Waals surface area (Å²) in [5.41, 5.74) is 6.86. The number of carbonyl (C=O) groups excluding carboxylic acids is 3. The Balaban J connectivity index is 1.37. The molecule has 0 bridgehead atoms. The molecule has 3 amide bonds. The van der Waals surface area contributed by atoms with Gasteiger partial charge in [-0.1, -0.05) is 36.4 Å². The molecule has 7 nitrogen and oxygen atoms in total. The zero-order valence-corrected chi connectivity index (χ0v) is 16.7. The van der Waals surface area contributed by atoms with E-state index >= 15 is 0 Å². The van der Waals surface area contributed by atoms with Gasteiger partial charge in [0.1, 0.15) is 5.58 Å². The molecule has 0 aliphatic carbocycles. The van der Waals surface area contributed by atoms with Gasteiger partial charge in [0, 0.05) is 29.6 Å². The van der Waals surface area contributed by atoms with Crippen molar-refractivity contribution < 1.29 is 18.8 Å². The van der Waals surface area contributed by atoms with E-state index < -0.39 is 5.91 Å². The molecule has 154 valence electrons. The van der Waals surface area contributed by atoms with E-state index in [-0.39, 0.29) is 23.5 Å². The molecular formula is C23H23N3O4. The zero-order valence-electron chi connectivity index (χ0n) is 16.7. The molecule has 1 atom stereocenters. The van der Waals surface area contributed by atoms with Crippen LogP contribution in [-0.2, 0) is 4.79 Å². The molecule has 7 heteroatoms. The highest BCUT2D eigenvalue weighted by Gasteiger charge is 2.29. The van der Waals surface area contributed by atoms with Gasteiger partial charge in [-0.25, -0.2) is 0 Å². The Bertz CT molecular complexity index is 1090. The summed E-state index contributed by atoms with van der Waals surface area (Å²) in [5.74, 6) is -1.13. The smallest absolute Gasteiger partial charge is 0.305 e. The van der Waals surface area contributed by atoms with Gasteiger partial charge in [-0.15, -0.1) is 0 Å². The number of likely N-dealkylation sites (tertiary alicyclic amines) is 1. The number of nitrogens with one attached hydrogen (secondary N) is 2. The standard InChI is InChI=1S/C23H23N3O4/c1-15-18-11-5-6-12-19(18)30-20(15)22(28)25-24-21(27)17-10-7-13-26(14-17)23(29)16-8-3-2-4-9-16/h2-6,8-9,11-12,17H,7,10,13-14H2,1H3,(H,24,27)(H,25,28). The first-order chi connectivity index (χ1) is 14.5. The number of fused-ring (bicyclic) bond motifs is 1. The van der Waals surface area contributed by atoms with Crippen LogP contribution in [0.15, 0.2) is 59.0 Å². The second kappa shape index (κ2) is 8.41. The number of hydrazine groups is 1. The molecule has 2 aromatic carbocycles. The first-order valence-electron chi connectivity index (χ1n) is 9.97. The Hall–Kier alpha value is -3.61. The Morgan fingerprint density at radius 3 is 2.50 bits per heavy atom. The molecule has 4 rings (SSSR count). The Kier molecular flexibility index (Phi) is 5.52. The van der Waals surface area contributed by atoms with Crippen LogP contribution < -0.4 is 10.9 Å². The lowest BCUT2D eigenvalue weighted by Gasteiger charge is -2.32. The van der Waals surface area contributed by atoms with Gasteiger partial charge < -0.3 is 9.32 Å². The number of benzene rings is 2. The van der Waals surface area contributed by atoms with Crippen LogP contribution in [0.2, 0.25) is 0 Å². The highest BCUT2D eigenvalue weighted by atomic mass is 16.3. The minimum atomic E-state index is -0.509. The Morgan fingerprint density at radius 2 is 1.73 bits per heavy atom. The molecule has 0 radical (unpaired) electrons. The van der Waals surface area contributed by atoms with Crippen LogP contribution in [0.3, 0.4) is 0 Å². The van der Waals surface area contributed by atoms with E-state index in [1.165, 1.54) is 0 Å². The first-order valence-corrected chi connectivity index (χ1v) is 9.97. The van der Waals surface area contributed by atoms with Crippen LogP contribution in [0.1, 0.15) is 39.3 Å². The van der Waals surface area contributed by atoms with Gasteiger partial charge in [0.25, 0.3) is 5.91 Å². The SMILES string of the molecule is Cc1c(C(=O)NNC(=O)C2CCCN(C(=O)c3ccccc3)C2)oc2ccccc12. The van der Waals surface area contributed by atoms with Crippen molar-refractivity contribution in [3.8, 4) is 0 Å². The molecule has 0 saturated carbocycles. The van der Waals surface area contributed by atoms with Crippen LogP contribution in [-0.4, -0.2) is 35.7 Å². The number of amides is 3. The monoisotopic (exact) mass is 405 g/mol. The molecule has 2 N–H and O–H groups in total. The summed E-state index contributed by atoms with van der Waals surface area (Å²) >= 11 is 0. The van der Waals surface area contributed by atoms with Gasteiger partial charge in [-0.3, -0.25) is 25.2 Å². The van der Waals surface area contributed by atoms with Gasteiger partial charge in [0.15, 0.2) is 5.76 Å². The minimum Gasteiger partial charge on any atom is -0.451 e. The predicted octanol–water partition coefficient (Wildman–Crippen LogP) is 3.05. The van der Waals surface area contributed by atoms with Gasteiger partial charge >= 0.3 is 5.91 Å². The molecule has 0 spiro atoms. The topological polar surface area (TPSA) is 91.7 Å². The maximum atomic E-state index is 12.7. The first kappa shape index (κ1) is 19.7. The molecule has 30 heavy (non-hydrogen) atoms.